The van der Waals surface area contributed by atoms with E-state index >= 15 is 0 Å². The maximum absolute atomic E-state index is 13.3. The minimum Gasteiger partial charge on any atom is -0.465 e. The summed E-state index contributed by atoms with van der Waals surface area (Å²) < 4.78 is 32.8. The van der Waals surface area contributed by atoms with Crippen LogP contribution in [0.1, 0.15) is 30.5 Å². The summed E-state index contributed by atoms with van der Waals surface area (Å²) in [7, 11) is -3.87. The van der Waals surface area contributed by atoms with Crippen molar-refractivity contribution in [3.8, 4) is 0 Å². The summed E-state index contributed by atoms with van der Waals surface area (Å²) in [6.45, 7) is 7.34. The predicted octanol–water partition coefficient (Wildman–Crippen LogP) is 3.45. The third kappa shape index (κ3) is 4.51. The molecule has 0 aromatic heterocycles. The van der Waals surface area contributed by atoms with E-state index in [9.17, 15) is 13.2 Å². The molecule has 0 saturated carbocycles. The molecule has 140 valence electrons. The van der Waals surface area contributed by atoms with Crippen molar-refractivity contribution in [1.29, 1.82) is 0 Å². The Morgan fingerprint density at radius 2 is 1.73 bits per heavy atom. The number of carbonyl (C=O) groups is 1. The highest BCUT2D eigenvalue weighted by molar-refractivity contribution is 7.89. The maximum atomic E-state index is 13.3. The van der Waals surface area contributed by atoms with Crippen LogP contribution < -0.4 is 0 Å². The monoisotopic (exact) mass is 375 g/mol. The number of benzene rings is 2. The van der Waals surface area contributed by atoms with Crippen LogP contribution in [-0.2, 0) is 26.1 Å². The first-order valence-electron chi connectivity index (χ1n) is 8.57. The molecule has 2 aromatic rings. The van der Waals surface area contributed by atoms with Crippen LogP contribution in [-0.4, -0.2) is 31.3 Å². The van der Waals surface area contributed by atoms with Crippen molar-refractivity contribution in [2.45, 2.75) is 45.2 Å². The molecule has 0 aliphatic rings. The maximum Gasteiger partial charge on any atom is 0.324 e. The van der Waals surface area contributed by atoms with Gasteiger partial charge in [0.25, 0.3) is 0 Å². The van der Waals surface area contributed by atoms with E-state index in [4.69, 9.17) is 4.74 Å². The second-order valence-corrected chi connectivity index (χ2v) is 8.10. The molecule has 6 heteroatoms. The zero-order valence-corrected chi connectivity index (χ0v) is 16.4. The molecule has 1 unspecified atom stereocenters. The second kappa shape index (κ2) is 8.47. The minimum absolute atomic E-state index is 0.0933. The smallest absolute Gasteiger partial charge is 0.324 e. The van der Waals surface area contributed by atoms with Crippen molar-refractivity contribution in [1.82, 2.24) is 4.31 Å². The Hall–Kier alpha value is -2.18. The van der Waals surface area contributed by atoms with Crippen LogP contribution in [0.3, 0.4) is 0 Å². The van der Waals surface area contributed by atoms with Gasteiger partial charge in [-0.15, -0.1) is 0 Å². The number of carbonyl (C=O) groups excluding carboxylic acids is 1. The van der Waals surface area contributed by atoms with E-state index in [1.807, 2.05) is 44.2 Å². The molecule has 0 N–H and O–H groups in total. The molecule has 0 aliphatic carbocycles. The van der Waals surface area contributed by atoms with E-state index in [2.05, 4.69) is 0 Å². The molecule has 26 heavy (non-hydrogen) atoms. The van der Waals surface area contributed by atoms with Crippen molar-refractivity contribution in [2.75, 3.05) is 6.61 Å². The van der Waals surface area contributed by atoms with E-state index in [1.165, 1.54) is 4.31 Å². The molecule has 0 amide bonds. The van der Waals surface area contributed by atoms with Gasteiger partial charge in [-0.2, -0.15) is 4.31 Å². The number of sulfonamides is 1. The molecule has 0 heterocycles. The number of nitrogens with zero attached hydrogens (tertiary/aromatic N) is 1. The number of hydrogen-bond acceptors (Lipinski definition) is 4. The fourth-order valence-electron chi connectivity index (χ4n) is 2.58. The summed E-state index contributed by atoms with van der Waals surface area (Å²) in [5.41, 5.74) is 2.70. The van der Waals surface area contributed by atoms with Gasteiger partial charge in [-0.25, -0.2) is 8.42 Å². The Morgan fingerprint density at radius 1 is 1.08 bits per heavy atom. The Kier molecular flexibility index (Phi) is 6.56. The third-order valence-corrected chi connectivity index (χ3v) is 6.24. The lowest BCUT2D eigenvalue weighted by Crippen LogP contribution is -2.43. The summed E-state index contributed by atoms with van der Waals surface area (Å²) in [6, 6.07) is 13.3. The molecule has 0 saturated heterocycles. The molecule has 0 bridgehead atoms. The quantitative estimate of drug-likeness (QED) is 0.696. The summed E-state index contributed by atoms with van der Waals surface area (Å²) in [5, 5.41) is 0. The van der Waals surface area contributed by atoms with Crippen molar-refractivity contribution < 1.29 is 17.9 Å². The fourth-order valence-corrected chi connectivity index (χ4v) is 4.24. The Balaban J connectivity index is 2.46. The van der Waals surface area contributed by atoms with Gasteiger partial charge in [0.1, 0.15) is 6.04 Å². The summed E-state index contributed by atoms with van der Waals surface area (Å²) in [5.74, 6) is -0.559. The molecular formula is C20H25NO4S. The molecule has 2 rings (SSSR count). The van der Waals surface area contributed by atoms with Gasteiger partial charge in [0.15, 0.2) is 0 Å². The van der Waals surface area contributed by atoms with Crippen LogP contribution in [0.2, 0.25) is 0 Å². The number of hydrogen-bond donors (Lipinski definition) is 0. The zero-order valence-electron chi connectivity index (χ0n) is 15.6. The van der Waals surface area contributed by atoms with Crippen LogP contribution in [0.4, 0.5) is 0 Å². The van der Waals surface area contributed by atoms with Gasteiger partial charge in [0.05, 0.1) is 11.5 Å². The van der Waals surface area contributed by atoms with Gasteiger partial charge in [0.2, 0.25) is 10.0 Å². The number of ether oxygens (including phenoxy) is 1. The van der Waals surface area contributed by atoms with E-state index in [1.54, 1.807) is 32.0 Å². The number of rotatable bonds is 7. The van der Waals surface area contributed by atoms with E-state index in [0.29, 0.717) is 0 Å². The van der Waals surface area contributed by atoms with E-state index in [0.717, 1.165) is 16.7 Å². The van der Waals surface area contributed by atoms with Crippen molar-refractivity contribution in [3.05, 3.63) is 65.2 Å². The van der Waals surface area contributed by atoms with Crippen LogP contribution in [0, 0.1) is 13.8 Å². The first kappa shape index (κ1) is 20.1. The highest BCUT2D eigenvalue weighted by atomic mass is 32.2. The molecule has 0 radical (unpaired) electrons. The SMILES string of the molecule is CCOC(=O)C(C)N(Cc1ccccc1)S(=O)(=O)c1ccc(C)c(C)c1. The molecule has 1 atom stereocenters. The first-order valence-corrected chi connectivity index (χ1v) is 10.0. The van der Waals surface area contributed by atoms with E-state index < -0.39 is 22.0 Å². The fraction of sp³-hybridized carbons (Fsp3) is 0.350. The summed E-state index contributed by atoms with van der Waals surface area (Å²) in [6.07, 6.45) is 0. The molecule has 5 nitrogen and oxygen atoms in total. The molecule has 2 aromatic carbocycles. The van der Waals surface area contributed by atoms with Crippen LogP contribution in [0.25, 0.3) is 0 Å². The molecule has 0 aliphatic heterocycles. The highest BCUT2D eigenvalue weighted by Crippen LogP contribution is 2.23. The van der Waals surface area contributed by atoms with Crippen molar-refractivity contribution in [3.63, 3.8) is 0 Å². The van der Waals surface area contributed by atoms with Gasteiger partial charge in [0, 0.05) is 6.54 Å². The Labute approximate surface area is 155 Å². The lowest BCUT2D eigenvalue weighted by molar-refractivity contribution is -0.147. The topological polar surface area (TPSA) is 63.7 Å². The average molecular weight is 375 g/mol. The Morgan fingerprint density at radius 3 is 2.31 bits per heavy atom. The lowest BCUT2D eigenvalue weighted by atomic mass is 10.1. The first-order chi connectivity index (χ1) is 12.3. The zero-order chi connectivity index (χ0) is 19.3. The second-order valence-electron chi connectivity index (χ2n) is 6.21. The van der Waals surface area contributed by atoms with Crippen molar-refractivity contribution >= 4 is 16.0 Å². The highest BCUT2D eigenvalue weighted by Gasteiger charge is 2.34. The van der Waals surface area contributed by atoms with Crippen LogP contribution in [0.5, 0.6) is 0 Å². The number of esters is 1. The average Bonchev–Trinajstić information content (AvgIpc) is 2.62. The van der Waals surface area contributed by atoms with Gasteiger partial charge < -0.3 is 4.74 Å². The summed E-state index contributed by atoms with van der Waals surface area (Å²) >= 11 is 0. The summed E-state index contributed by atoms with van der Waals surface area (Å²) in [4.78, 5) is 12.4. The largest absolute Gasteiger partial charge is 0.465 e. The van der Waals surface area contributed by atoms with E-state index in [-0.39, 0.29) is 18.0 Å². The number of aryl methyl sites for hydroxylation is 2. The molecule has 0 spiro atoms. The van der Waals surface area contributed by atoms with Gasteiger partial charge in [-0.1, -0.05) is 36.4 Å². The minimum atomic E-state index is -3.87. The standard InChI is InChI=1S/C20H25NO4S/c1-5-25-20(22)17(4)21(14-18-9-7-6-8-10-18)26(23,24)19-12-11-15(2)16(3)13-19/h6-13,17H,5,14H2,1-4H3. The van der Waals surface area contributed by atoms with Crippen molar-refractivity contribution in [2.24, 2.45) is 0 Å². The van der Waals surface area contributed by atoms with Gasteiger partial charge in [-0.05, 0) is 56.5 Å². The van der Waals surface area contributed by atoms with Crippen LogP contribution in [0.15, 0.2) is 53.4 Å². The molecule has 0 fully saturated rings. The molecular weight excluding hydrogens is 350 g/mol. The normalized spacial score (nSPS) is 12.8. The lowest BCUT2D eigenvalue weighted by Gasteiger charge is -2.27. The van der Waals surface area contributed by atoms with Gasteiger partial charge in [-0.3, -0.25) is 4.79 Å². The van der Waals surface area contributed by atoms with Gasteiger partial charge >= 0.3 is 5.97 Å². The van der Waals surface area contributed by atoms with Crippen LogP contribution >= 0.6 is 0 Å². The third-order valence-electron chi connectivity index (χ3n) is 4.33. The Bertz CT molecular complexity index is 863. The predicted molar refractivity (Wildman–Crippen MR) is 101 cm³/mol.